The van der Waals surface area contributed by atoms with Gasteiger partial charge < -0.3 is 9.26 Å². The first kappa shape index (κ1) is 11.9. The highest BCUT2D eigenvalue weighted by Gasteiger charge is 2.30. The Morgan fingerprint density at radius 1 is 1.50 bits per heavy atom. The summed E-state index contributed by atoms with van der Waals surface area (Å²) in [6, 6.07) is 0. The van der Waals surface area contributed by atoms with E-state index in [-0.39, 0.29) is 18.0 Å². The first-order chi connectivity index (χ1) is 7.37. The molecule has 2 unspecified atom stereocenters. The van der Waals surface area contributed by atoms with E-state index in [0.29, 0.717) is 17.9 Å². The van der Waals surface area contributed by atoms with E-state index in [4.69, 9.17) is 19.9 Å². The van der Waals surface area contributed by atoms with Crippen LogP contribution in [-0.2, 0) is 26.0 Å². The molecule has 2 heterocycles. The summed E-state index contributed by atoms with van der Waals surface area (Å²) in [6.07, 6.45) is 0.448. The number of halogens is 1. The van der Waals surface area contributed by atoms with Gasteiger partial charge in [-0.05, 0) is 13.8 Å². The van der Waals surface area contributed by atoms with Crippen molar-refractivity contribution in [2.45, 2.75) is 38.2 Å². The van der Waals surface area contributed by atoms with Crippen molar-refractivity contribution in [1.29, 1.82) is 0 Å². The Morgan fingerprint density at radius 2 is 2.19 bits per heavy atom. The van der Waals surface area contributed by atoms with Crippen LogP contribution in [0.3, 0.4) is 0 Å². The standard InChI is InChI=1S/C9H12ClNO4S/c1-5-3-8-9(6(2)14-5)7(11-15-8)4-16(10,12)13/h5-6H,3-4H2,1-2H3. The average molecular weight is 266 g/mol. The maximum absolute atomic E-state index is 11.0. The molecule has 90 valence electrons. The molecule has 0 saturated heterocycles. The smallest absolute Gasteiger partial charge is 0.238 e. The van der Waals surface area contributed by atoms with Crippen molar-refractivity contribution in [3.63, 3.8) is 0 Å². The molecular weight excluding hydrogens is 254 g/mol. The summed E-state index contributed by atoms with van der Waals surface area (Å²) < 4.78 is 32.7. The zero-order valence-electron chi connectivity index (χ0n) is 8.94. The lowest BCUT2D eigenvalue weighted by Gasteiger charge is -2.24. The quantitative estimate of drug-likeness (QED) is 0.762. The maximum atomic E-state index is 11.0. The van der Waals surface area contributed by atoms with E-state index in [9.17, 15) is 8.42 Å². The van der Waals surface area contributed by atoms with Crippen molar-refractivity contribution in [2.75, 3.05) is 0 Å². The van der Waals surface area contributed by atoms with Crippen molar-refractivity contribution in [2.24, 2.45) is 0 Å². The lowest BCUT2D eigenvalue weighted by atomic mass is 10.0. The summed E-state index contributed by atoms with van der Waals surface area (Å²) in [5.41, 5.74) is 1.08. The van der Waals surface area contributed by atoms with E-state index in [1.165, 1.54) is 0 Å². The van der Waals surface area contributed by atoms with Crippen LogP contribution in [0.5, 0.6) is 0 Å². The summed E-state index contributed by atoms with van der Waals surface area (Å²) in [5, 5.41) is 3.75. The predicted octanol–water partition coefficient (Wildman–Crippen LogP) is 1.77. The molecule has 0 bridgehead atoms. The third-order valence-electron chi connectivity index (χ3n) is 2.50. The average Bonchev–Trinajstić information content (AvgIpc) is 2.44. The Balaban J connectivity index is 2.37. The highest BCUT2D eigenvalue weighted by molar-refractivity contribution is 8.13. The van der Waals surface area contributed by atoms with Crippen molar-refractivity contribution in [1.82, 2.24) is 5.16 Å². The van der Waals surface area contributed by atoms with Gasteiger partial charge in [0.1, 0.15) is 17.2 Å². The summed E-state index contributed by atoms with van der Waals surface area (Å²) in [6.45, 7) is 3.77. The molecule has 7 heteroatoms. The number of hydrogen-bond donors (Lipinski definition) is 0. The topological polar surface area (TPSA) is 69.4 Å². The summed E-state index contributed by atoms with van der Waals surface area (Å²) in [4.78, 5) is 0. The SMILES string of the molecule is CC1Cc2onc(CS(=O)(=O)Cl)c2C(C)O1. The number of ether oxygens (including phenoxy) is 1. The lowest BCUT2D eigenvalue weighted by Crippen LogP contribution is -2.21. The molecule has 0 aliphatic carbocycles. The minimum Gasteiger partial charge on any atom is -0.370 e. The third kappa shape index (κ3) is 2.39. The summed E-state index contributed by atoms with van der Waals surface area (Å²) >= 11 is 0. The number of fused-ring (bicyclic) bond motifs is 1. The van der Waals surface area contributed by atoms with E-state index in [1.807, 2.05) is 13.8 Å². The van der Waals surface area contributed by atoms with Gasteiger partial charge in [-0.15, -0.1) is 0 Å². The van der Waals surface area contributed by atoms with E-state index < -0.39 is 9.05 Å². The van der Waals surface area contributed by atoms with E-state index in [0.717, 1.165) is 5.56 Å². The molecule has 1 aromatic rings. The summed E-state index contributed by atoms with van der Waals surface area (Å²) in [5.74, 6) is 0.372. The molecular formula is C9H12ClNO4S. The number of hydrogen-bond acceptors (Lipinski definition) is 5. The molecule has 0 amide bonds. The van der Waals surface area contributed by atoms with Crippen molar-refractivity contribution in [3.05, 3.63) is 17.0 Å². The fourth-order valence-electron chi connectivity index (χ4n) is 1.97. The first-order valence-electron chi connectivity index (χ1n) is 4.92. The number of nitrogens with zero attached hydrogens (tertiary/aromatic N) is 1. The Kier molecular flexibility index (Phi) is 2.98. The van der Waals surface area contributed by atoms with Gasteiger partial charge in [0.15, 0.2) is 0 Å². The van der Waals surface area contributed by atoms with Crippen LogP contribution in [0.25, 0.3) is 0 Å². The molecule has 1 aliphatic rings. The molecule has 5 nitrogen and oxygen atoms in total. The zero-order chi connectivity index (χ0) is 11.9. The Bertz CT molecular complexity index is 496. The Morgan fingerprint density at radius 3 is 2.81 bits per heavy atom. The molecule has 0 radical (unpaired) electrons. The summed E-state index contributed by atoms with van der Waals surface area (Å²) in [7, 11) is 1.57. The van der Waals surface area contributed by atoms with Crippen LogP contribution in [-0.4, -0.2) is 19.7 Å². The second kappa shape index (κ2) is 4.01. The fraction of sp³-hybridized carbons (Fsp3) is 0.667. The Hall–Kier alpha value is -0.590. The van der Waals surface area contributed by atoms with Gasteiger partial charge >= 0.3 is 0 Å². The molecule has 16 heavy (non-hydrogen) atoms. The highest BCUT2D eigenvalue weighted by atomic mass is 35.7. The van der Waals surface area contributed by atoms with Gasteiger partial charge in [-0.1, -0.05) is 5.16 Å². The van der Waals surface area contributed by atoms with Crippen LogP contribution in [0.15, 0.2) is 4.52 Å². The fourth-order valence-corrected chi connectivity index (χ4v) is 2.82. The van der Waals surface area contributed by atoms with Gasteiger partial charge in [0.2, 0.25) is 9.05 Å². The second-order valence-electron chi connectivity index (χ2n) is 3.94. The van der Waals surface area contributed by atoms with E-state index in [2.05, 4.69) is 5.16 Å². The minimum atomic E-state index is -3.62. The van der Waals surface area contributed by atoms with Gasteiger partial charge in [-0.3, -0.25) is 0 Å². The first-order valence-corrected chi connectivity index (χ1v) is 7.40. The molecule has 0 spiro atoms. The number of aromatic nitrogens is 1. The normalized spacial score (nSPS) is 25.4. The molecule has 2 rings (SSSR count). The minimum absolute atomic E-state index is 0.0518. The van der Waals surface area contributed by atoms with Crippen LogP contribution in [0.1, 0.15) is 37.0 Å². The van der Waals surface area contributed by atoms with Gasteiger partial charge in [0.05, 0.1) is 12.2 Å². The molecule has 0 fully saturated rings. The third-order valence-corrected chi connectivity index (χ3v) is 3.45. The van der Waals surface area contributed by atoms with Gasteiger partial charge in [-0.2, -0.15) is 0 Å². The maximum Gasteiger partial charge on any atom is 0.238 e. The van der Waals surface area contributed by atoms with Crippen molar-refractivity contribution in [3.8, 4) is 0 Å². The highest BCUT2D eigenvalue weighted by Crippen LogP contribution is 2.33. The van der Waals surface area contributed by atoms with Gasteiger partial charge in [0, 0.05) is 22.7 Å². The van der Waals surface area contributed by atoms with Crippen LogP contribution >= 0.6 is 10.7 Å². The van der Waals surface area contributed by atoms with Crippen LogP contribution in [0.2, 0.25) is 0 Å². The largest absolute Gasteiger partial charge is 0.370 e. The van der Waals surface area contributed by atoms with Crippen LogP contribution in [0.4, 0.5) is 0 Å². The molecule has 0 N–H and O–H groups in total. The van der Waals surface area contributed by atoms with Crippen LogP contribution < -0.4 is 0 Å². The number of rotatable bonds is 2. The second-order valence-corrected chi connectivity index (χ2v) is 6.72. The molecule has 1 aliphatic heterocycles. The van der Waals surface area contributed by atoms with Gasteiger partial charge in [-0.25, -0.2) is 8.42 Å². The molecule has 1 aromatic heterocycles. The van der Waals surface area contributed by atoms with E-state index >= 15 is 0 Å². The van der Waals surface area contributed by atoms with Gasteiger partial charge in [0.25, 0.3) is 0 Å². The monoisotopic (exact) mass is 265 g/mol. The van der Waals surface area contributed by atoms with E-state index in [1.54, 1.807) is 0 Å². The predicted molar refractivity (Wildman–Crippen MR) is 57.6 cm³/mol. The van der Waals surface area contributed by atoms with Crippen molar-refractivity contribution < 1.29 is 17.7 Å². The lowest BCUT2D eigenvalue weighted by molar-refractivity contribution is -0.0101. The zero-order valence-corrected chi connectivity index (χ0v) is 10.5. The molecule has 0 aromatic carbocycles. The molecule has 0 saturated carbocycles. The van der Waals surface area contributed by atoms with Crippen LogP contribution in [0, 0.1) is 0 Å². The van der Waals surface area contributed by atoms with Crippen molar-refractivity contribution >= 4 is 19.7 Å². The molecule has 2 atom stereocenters. The Labute approximate surface area is 98.1 Å².